The number of fused-ring (bicyclic) bond motifs is 1. The number of carbonyl (C=O) groups is 1. The maximum atomic E-state index is 13.5. The average molecular weight is 363 g/mol. The third-order valence-electron chi connectivity index (χ3n) is 6.87. The van der Waals surface area contributed by atoms with Crippen LogP contribution in [-0.4, -0.2) is 54.4 Å². The Kier molecular flexibility index (Phi) is 4.96. The number of amides is 1. The van der Waals surface area contributed by atoms with Crippen LogP contribution in [0.2, 0.25) is 0 Å². The van der Waals surface area contributed by atoms with Crippen LogP contribution in [0.4, 0.5) is 4.39 Å². The number of nitrogens with one attached hydrogen (secondary N) is 1. The second-order valence-electron chi connectivity index (χ2n) is 9.24. The van der Waals surface area contributed by atoms with E-state index in [1.54, 1.807) is 0 Å². The number of rotatable bonds is 6. The van der Waals surface area contributed by atoms with E-state index in [0.29, 0.717) is 17.9 Å². The van der Waals surface area contributed by atoms with Crippen molar-refractivity contribution in [3.8, 4) is 6.07 Å². The molecule has 0 aromatic heterocycles. The summed E-state index contributed by atoms with van der Waals surface area (Å²) in [5.74, 6) is 2.03. The molecule has 144 valence electrons. The van der Waals surface area contributed by atoms with Crippen molar-refractivity contribution in [1.29, 1.82) is 5.26 Å². The molecule has 3 aliphatic carbocycles. The van der Waals surface area contributed by atoms with Gasteiger partial charge in [-0.05, 0) is 63.2 Å². The number of nitriles is 1. The van der Waals surface area contributed by atoms with Gasteiger partial charge in [-0.15, -0.1) is 0 Å². The summed E-state index contributed by atoms with van der Waals surface area (Å²) in [6, 6.07) is 1.44. The Morgan fingerprint density at radius 3 is 2.62 bits per heavy atom. The highest BCUT2D eigenvalue weighted by molar-refractivity contribution is 5.79. The van der Waals surface area contributed by atoms with E-state index in [9.17, 15) is 9.18 Å². The number of carbonyl (C=O) groups excluding carboxylic acids is 1. The van der Waals surface area contributed by atoms with Gasteiger partial charge in [0, 0.05) is 18.6 Å². The fourth-order valence-corrected chi connectivity index (χ4v) is 5.31. The number of likely N-dealkylation sites (tertiary alicyclic amines) is 1. The van der Waals surface area contributed by atoms with Gasteiger partial charge in [0.05, 0.1) is 25.3 Å². The van der Waals surface area contributed by atoms with Gasteiger partial charge >= 0.3 is 0 Å². The quantitative estimate of drug-likeness (QED) is 0.787. The van der Waals surface area contributed by atoms with Crippen molar-refractivity contribution in [2.24, 2.45) is 17.8 Å². The molecule has 4 aliphatic rings. The van der Waals surface area contributed by atoms with Gasteiger partial charge in [0.1, 0.15) is 12.2 Å². The minimum absolute atomic E-state index is 0.0383. The molecule has 1 aliphatic heterocycles. The van der Waals surface area contributed by atoms with E-state index >= 15 is 0 Å². The van der Waals surface area contributed by atoms with Crippen LogP contribution in [0.5, 0.6) is 0 Å². The fourth-order valence-electron chi connectivity index (χ4n) is 5.31. The molecule has 3 saturated carbocycles. The Morgan fingerprint density at radius 1 is 1.31 bits per heavy atom. The van der Waals surface area contributed by atoms with Crippen LogP contribution in [0.3, 0.4) is 0 Å². The van der Waals surface area contributed by atoms with Crippen molar-refractivity contribution >= 4 is 5.91 Å². The summed E-state index contributed by atoms with van der Waals surface area (Å²) in [4.78, 5) is 13.8. The third-order valence-corrected chi connectivity index (χ3v) is 6.87. The summed E-state index contributed by atoms with van der Waals surface area (Å²) in [5, 5.41) is 12.5. The highest BCUT2D eigenvalue weighted by Gasteiger charge is 2.48. The molecule has 5 nitrogen and oxygen atoms in total. The Balaban J connectivity index is 1.23. The first-order valence-electron chi connectivity index (χ1n) is 10.2. The molecule has 1 N–H and O–H groups in total. The number of nitrogens with zero attached hydrogens (tertiary/aromatic N) is 2. The van der Waals surface area contributed by atoms with Gasteiger partial charge in [-0.25, -0.2) is 4.39 Å². The molecule has 0 aromatic carbocycles. The molecule has 0 spiro atoms. The molecule has 4 rings (SSSR count). The lowest BCUT2D eigenvalue weighted by atomic mass is 9.95. The van der Waals surface area contributed by atoms with E-state index in [1.165, 1.54) is 17.7 Å². The lowest BCUT2D eigenvalue weighted by molar-refractivity contribution is -0.130. The Morgan fingerprint density at radius 2 is 2.00 bits per heavy atom. The average Bonchev–Trinajstić information content (AvgIpc) is 3.14. The number of halogens is 1. The van der Waals surface area contributed by atoms with Gasteiger partial charge in [-0.1, -0.05) is 0 Å². The van der Waals surface area contributed by atoms with Crippen LogP contribution in [0.15, 0.2) is 0 Å². The first-order chi connectivity index (χ1) is 12.5. The SMILES string of the molecule is CC1(NCC(=O)N2CC(F)CC2C#N)CC2CC(OCC3CC3)CC2C1. The number of hydrogen-bond donors (Lipinski definition) is 1. The predicted molar refractivity (Wildman–Crippen MR) is 94.9 cm³/mol. The van der Waals surface area contributed by atoms with Crippen LogP contribution < -0.4 is 5.32 Å². The summed E-state index contributed by atoms with van der Waals surface area (Å²) in [5.41, 5.74) is -0.0383. The number of ether oxygens (including phenoxy) is 1. The van der Waals surface area contributed by atoms with Crippen molar-refractivity contribution in [3.63, 3.8) is 0 Å². The Hall–Kier alpha value is -1.19. The van der Waals surface area contributed by atoms with Gasteiger partial charge in [0.25, 0.3) is 0 Å². The minimum atomic E-state index is -1.07. The molecule has 1 amide bonds. The zero-order valence-corrected chi connectivity index (χ0v) is 15.6. The first kappa shape index (κ1) is 18.2. The summed E-state index contributed by atoms with van der Waals surface area (Å²) >= 11 is 0. The summed E-state index contributed by atoms with van der Waals surface area (Å²) in [6.45, 7) is 3.39. The standard InChI is InChI=1S/C20H30FN3O2/c1-20(23-10-19(25)24-11-16(21)6-17(24)9-22)7-14-4-18(5-15(14)8-20)26-12-13-2-3-13/h13-18,23H,2-8,10-12H2,1H3. The van der Waals surface area contributed by atoms with Crippen molar-refractivity contribution in [3.05, 3.63) is 0 Å². The molecular formula is C20H30FN3O2. The lowest BCUT2D eigenvalue weighted by Gasteiger charge is -2.29. The normalized spacial score (nSPS) is 42.0. The molecule has 26 heavy (non-hydrogen) atoms. The van der Waals surface area contributed by atoms with Gasteiger partial charge < -0.3 is 15.0 Å². The van der Waals surface area contributed by atoms with Gasteiger partial charge in [0.2, 0.25) is 5.91 Å². The van der Waals surface area contributed by atoms with E-state index in [-0.39, 0.29) is 31.0 Å². The topological polar surface area (TPSA) is 65.4 Å². The molecule has 1 heterocycles. The van der Waals surface area contributed by atoms with Crippen molar-refractivity contribution in [2.45, 2.75) is 75.7 Å². The zero-order valence-electron chi connectivity index (χ0n) is 15.6. The molecule has 0 bridgehead atoms. The number of hydrogen-bond acceptors (Lipinski definition) is 4. The van der Waals surface area contributed by atoms with E-state index < -0.39 is 12.2 Å². The van der Waals surface area contributed by atoms with Gasteiger partial charge in [-0.2, -0.15) is 5.26 Å². The molecule has 4 fully saturated rings. The number of alkyl halides is 1. The fraction of sp³-hybridized carbons (Fsp3) is 0.900. The van der Waals surface area contributed by atoms with Gasteiger partial charge in [-0.3, -0.25) is 4.79 Å². The van der Waals surface area contributed by atoms with Crippen molar-refractivity contribution in [2.75, 3.05) is 19.7 Å². The maximum Gasteiger partial charge on any atom is 0.237 e. The highest BCUT2D eigenvalue weighted by Crippen LogP contribution is 2.49. The Labute approximate surface area is 155 Å². The smallest absolute Gasteiger partial charge is 0.237 e. The van der Waals surface area contributed by atoms with E-state index in [4.69, 9.17) is 10.00 Å². The van der Waals surface area contributed by atoms with Crippen LogP contribution in [0.1, 0.15) is 51.9 Å². The van der Waals surface area contributed by atoms with Crippen molar-refractivity contribution < 1.29 is 13.9 Å². The monoisotopic (exact) mass is 363 g/mol. The second kappa shape index (κ2) is 7.09. The largest absolute Gasteiger partial charge is 0.378 e. The van der Waals surface area contributed by atoms with Crippen LogP contribution >= 0.6 is 0 Å². The summed E-state index contributed by atoms with van der Waals surface area (Å²) in [7, 11) is 0. The molecule has 0 aromatic rings. The van der Waals surface area contributed by atoms with Crippen molar-refractivity contribution in [1.82, 2.24) is 10.2 Å². The first-order valence-corrected chi connectivity index (χ1v) is 10.2. The minimum Gasteiger partial charge on any atom is -0.378 e. The molecule has 4 unspecified atom stereocenters. The van der Waals surface area contributed by atoms with Crippen LogP contribution in [0.25, 0.3) is 0 Å². The lowest BCUT2D eigenvalue weighted by Crippen LogP contribution is -2.48. The van der Waals surface area contributed by atoms with Gasteiger partial charge in [0.15, 0.2) is 0 Å². The predicted octanol–water partition coefficient (Wildman–Crippen LogP) is 2.41. The molecular weight excluding hydrogens is 333 g/mol. The van der Waals surface area contributed by atoms with Crippen LogP contribution in [-0.2, 0) is 9.53 Å². The van der Waals surface area contributed by atoms with Crippen LogP contribution in [0, 0.1) is 29.1 Å². The van der Waals surface area contributed by atoms with E-state index in [0.717, 1.165) is 38.2 Å². The molecule has 1 saturated heterocycles. The van der Waals surface area contributed by atoms with E-state index in [1.807, 2.05) is 6.07 Å². The summed E-state index contributed by atoms with van der Waals surface area (Å²) < 4.78 is 19.6. The summed E-state index contributed by atoms with van der Waals surface area (Å²) in [6.07, 6.45) is 6.61. The molecule has 4 atom stereocenters. The molecule has 0 radical (unpaired) electrons. The zero-order chi connectivity index (χ0) is 18.3. The second-order valence-corrected chi connectivity index (χ2v) is 9.24. The Bertz CT molecular complexity index is 574. The van der Waals surface area contributed by atoms with E-state index in [2.05, 4.69) is 12.2 Å². The third kappa shape index (κ3) is 3.89. The maximum absolute atomic E-state index is 13.5. The molecule has 6 heteroatoms. The highest BCUT2D eigenvalue weighted by atomic mass is 19.1.